The topological polar surface area (TPSA) is 166 Å². The lowest BCUT2D eigenvalue weighted by molar-refractivity contribution is -0.137. The van der Waals surface area contributed by atoms with Gasteiger partial charge in [0.25, 0.3) is 18.9 Å². The molecule has 0 bridgehead atoms. The standard InChI is InChI=1S/C18H22N4O4.2CH2O2/c1-26-14-9-12(21-6-4-19-5-7-21)8-11-10-22(18(25)16(11)14)13-2-3-15(23)20-17(13)24;2*2-1-3/h8-9,13,19H,2-7,10H2,1H3,(H,20,23,24);2*1H,(H,2,3). The van der Waals surface area contributed by atoms with E-state index in [9.17, 15) is 14.4 Å². The van der Waals surface area contributed by atoms with Gasteiger partial charge in [0.1, 0.15) is 11.8 Å². The SMILES string of the molecule is COc1cc(N2CCNCC2)cc2c1C(=O)N(C1CCC(=O)NC1=O)C2.O=CO.O=CO. The third-order valence-electron chi connectivity index (χ3n) is 5.27. The monoisotopic (exact) mass is 450 g/mol. The molecule has 2 saturated heterocycles. The zero-order chi connectivity index (χ0) is 23.7. The van der Waals surface area contributed by atoms with Crippen molar-refractivity contribution in [1.29, 1.82) is 0 Å². The van der Waals surface area contributed by atoms with Crippen molar-refractivity contribution >= 4 is 36.4 Å². The molecule has 2 fully saturated rings. The highest BCUT2D eigenvalue weighted by atomic mass is 16.5. The number of rotatable bonds is 3. The van der Waals surface area contributed by atoms with Gasteiger partial charge in [0, 0.05) is 50.9 Å². The smallest absolute Gasteiger partial charge is 0.290 e. The fourth-order valence-electron chi connectivity index (χ4n) is 3.92. The van der Waals surface area contributed by atoms with E-state index < -0.39 is 11.9 Å². The second-order valence-corrected chi connectivity index (χ2v) is 7.03. The zero-order valence-electron chi connectivity index (χ0n) is 17.6. The molecule has 12 nitrogen and oxygen atoms in total. The summed E-state index contributed by atoms with van der Waals surface area (Å²) in [5, 5.41) is 19.4. The molecule has 0 saturated carbocycles. The van der Waals surface area contributed by atoms with Crippen molar-refractivity contribution in [3.8, 4) is 5.75 Å². The lowest BCUT2D eigenvalue weighted by Gasteiger charge is -2.30. The average molecular weight is 450 g/mol. The number of anilines is 1. The van der Waals surface area contributed by atoms with Gasteiger partial charge < -0.3 is 30.1 Å². The van der Waals surface area contributed by atoms with Crippen LogP contribution in [0.15, 0.2) is 12.1 Å². The molecule has 3 heterocycles. The van der Waals surface area contributed by atoms with Gasteiger partial charge in [-0.25, -0.2) is 0 Å². The maximum Gasteiger partial charge on any atom is 0.290 e. The summed E-state index contributed by atoms with van der Waals surface area (Å²) in [4.78, 5) is 57.1. The van der Waals surface area contributed by atoms with E-state index in [-0.39, 0.29) is 31.2 Å². The number of benzene rings is 1. The van der Waals surface area contributed by atoms with Crippen LogP contribution >= 0.6 is 0 Å². The van der Waals surface area contributed by atoms with Gasteiger partial charge in [-0.05, 0) is 18.1 Å². The van der Waals surface area contributed by atoms with Crippen LogP contribution in [0.2, 0.25) is 0 Å². The normalized spacial score (nSPS) is 19.5. The number of imide groups is 1. The minimum Gasteiger partial charge on any atom is -0.496 e. The van der Waals surface area contributed by atoms with Crippen molar-refractivity contribution in [1.82, 2.24) is 15.5 Å². The summed E-state index contributed by atoms with van der Waals surface area (Å²) in [6, 6.07) is 3.31. The largest absolute Gasteiger partial charge is 0.496 e. The van der Waals surface area contributed by atoms with Crippen molar-refractivity contribution in [2.24, 2.45) is 0 Å². The van der Waals surface area contributed by atoms with E-state index in [0.717, 1.165) is 37.4 Å². The van der Waals surface area contributed by atoms with E-state index in [1.165, 1.54) is 0 Å². The first-order chi connectivity index (χ1) is 15.4. The summed E-state index contributed by atoms with van der Waals surface area (Å²) >= 11 is 0. The van der Waals surface area contributed by atoms with E-state index in [4.69, 9.17) is 24.5 Å². The fourth-order valence-corrected chi connectivity index (χ4v) is 3.92. The molecule has 1 aromatic rings. The van der Waals surface area contributed by atoms with Gasteiger partial charge in [-0.15, -0.1) is 0 Å². The Morgan fingerprint density at radius 2 is 1.72 bits per heavy atom. The molecule has 3 aliphatic heterocycles. The number of nitrogens with one attached hydrogen (secondary N) is 2. The van der Waals surface area contributed by atoms with Crippen molar-refractivity contribution in [2.75, 3.05) is 38.2 Å². The summed E-state index contributed by atoms with van der Waals surface area (Å²) in [7, 11) is 1.55. The lowest BCUT2D eigenvalue weighted by atomic mass is 10.0. The zero-order valence-corrected chi connectivity index (χ0v) is 17.6. The summed E-state index contributed by atoms with van der Waals surface area (Å²) in [5.74, 6) is -0.355. The summed E-state index contributed by atoms with van der Waals surface area (Å²) in [5.41, 5.74) is 2.42. The van der Waals surface area contributed by atoms with Crippen molar-refractivity contribution < 1.29 is 38.9 Å². The number of ether oxygens (including phenoxy) is 1. The van der Waals surface area contributed by atoms with Gasteiger partial charge in [0.15, 0.2) is 0 Å². The van der Waals surface area contributed by atoms with Crippen molar-refractivity contribution in [3.63, 3.8) is 0 Å². The molecule has 0 spiro atoms. The van der Waals surface area contributed by atoms with Crippen LogP contribution in [0.25, 0.3) is 0 Å². The molecule has 0 radical (unpaired) electrons. The van der Waals surface area contributed by atoms with Gasteiger partial charge in [-0.1, -0.05) is 0 Å². The maximum atomic E-state index is 12.9. The van der Waals surface area contributed by atoms with Crippen LogP contribution in [-0.2, 0) is 25.7 Å². The molecule has 12 heteroatoms. The molecule has 0 aromatic heterocycles. The predicted octanol–water partition coefficient (Wildman–Crippen LogP) is -0.733. The van der Waals surface area contributed by atoms with Gasteiger partial charge in [0.2, 0.25) is 11.8 Å². The molecule has 1 atom stereocenters. The summed E-state index contributed by atoms with van der Waals surface area (Å²) in [6.45, 7) is 3.48. The van der Waals surface area contributed by atoms with Crippen LogP contribution in [0, 0.1) is 0 Å². The van der Waals surface area contributed by atoms with Gasteiger partial charge >= 0.3 is 0 Å². The fraction of sp³-hybridized carbons (Fsp3) is 0.450. The maximum absolute atomic E-state index is 12.9. The van der Waals surface area contributed by atoms with E-state index in [0.29, 0.717) is 24.3 Å². The number of carbonyl (C=O) groups is 5. The predicted molar refractivity (Wildman–Crippen MR) is 112 cm³/mol. The van der Waals surface area contributed by atoms with Crippen LogP contribution in [0.4, 0.5) is 5.69 Å². The van der Waals surface area contributed by atoms with E-state index in [1.54, 1.807) is 12.0 Å². The Morgan fingerprint density at radius 3 is 2.28 bits per heavy atom. The number of carbonyl (C=O) groups excluding carboxylic acids is 3. The highest BCUT2D eigenvalue weighted by Crippen LogP contribution is 2.37. The van der Waals surface area contributed by atoms with Crippen LogP contribution in [0.5, 0.6) is 5.75 Å². The van der Waals surface area contributed by atoms with Crippen molar-refractivity contribution in [3.05, 3.63) is 23.3 Å². The van der Waals surface area contributed by atoms with E-state index in [2.05, 4.69) is 15.5 Å². The highest BCUT2D eigenvalue weighted by molar-refractivity contribution is 6.06. The molecule has 3 amide bonds. The number of hydrogen-bond acceptors (Lipinski definition) is 8. The molecule has 3 aliphatic rings. The van der Waals surface area contributed by atoms with Crippen LogP contribution in [0.3, 0.4) is 0 Å². The number of nitrogens with zero attached hydrogens (tertiary/aromatic N) is 2. The first-order valence-corrected chi connectivity index (χ1v) is 9.88. The molecule has 174 valence electrons. The second kappa shape index (κ2) is 11.6. The third-order valence-corrected chi connectivity index (χ3v) is 5.27. The molecule has 0 aliphatic carbocycles. The molecular formula is C20H26N4O8. The number of fused-ring (bicyclic) bond motifs is 1. The lowest BCUT2D eigenvalue weighted by Crippen LogP contribution is -2.52. The van der Waals surface area contributed by atoms with Crippen LogP contribution in [0.1, 0.15) is 28.8 Å². The first-order valence-electron chi connectivity index (χ1n) is 9.88. The minimum absolute atomic E-state index is 0.210. The second-order valence-electron chi connectivity index (χ2n) is 7.03. The number of carboxylic acid groups (broad SMARTS) is 2. The van der Waals surface area contributed by atoms with Gasteiger partial charge in [0.05, 0.1) is 12.7 Å². The van der Waals surface area contributed by atoms with E-state index in [1.807, 2.05) is 12.1 Å². The Hall–Kier alpha value is -3.67. The van der Waals surface area contributed by atoms with Crippen LogP contribution < -0.4 is 20.3 Å². The van der Waals surface area contributed by atoms with Gasteiger partial charge in [-0.2, -0.15) is 0 Å². The summed E-state index contributed by atoms with van der Waals surface area (Å²) in [6.07, 6.45) is 0.608. The third kappa shape index (κ3) is 5.52. The number of hydrogen-bond donors (Lipinski definition) is 4. The Balaban J connectivity index is 0.000000547. The molecule has 4 N–H and O–H groups in total. The summed E-state index contributed by atoms with van der Waals surface area (Å²) < 4.78 is 5.49. The minimum atomic E-state index is -0.611. The molecule has 1 aromatic carbocycles. The number of piperazine rings is 1. The number of piperidine rings is 1. The number of methoxy groups -OCH3 is 1. The average Bonchev–Trinajstić information content (AvgIpc) is 3.11. The quantitative estimate of drug-likeness (QED) is 0.341. The first kappa shape index (κ1) is 24.6. The Bertz CT molecular complexity index is 863. The molecule has 32 heavy (non-hydrogen) atoms. The van der Waals surface area contributed by atoms with E-state index >= 15 is 0 Å². The Labute approximate surface area is 184 Å². The molecule has 4 rings (SSSR count). The highest BCUT2D eigenvalue weighted by Gasteiger charge is 2.40. The number of amides is 3. The molecule has 1 unspecified atom stereocenters. The Kier molecular flexibility index (Phi) is 8.95. The molecular weight excluding hydrogens is 424 g/mol. The van der Waals surface area contributed by atoms with Crippen molar-refractivity contribution in [2.45, 2.75) is 25.4 Å². The Morgan fingerprint density at radius 1 is 1.09 bits per heavy atom. The van der Waals surface area contributed by atoms with Crippen LogP contribution in [-0.4, -0.2) is 85.1 Å². The van der Waals surface area contributed by atoms with Gasteiger partial charge in [-0.3, -0.25) is 29.3 Å².